The van der Waals surface area contributed by atoms with Crippen molar-refractivity contribution in [1.29, 1.82) is 0 Å². The molecule has 2 aromatic rings. The van der Waals surface area contributed by atoms with E-state index in [9.17, 15) is 9.59 Å². The molecule has 9 heteroatoms. The summed E-state index contributed by atoms with van der Waals surface area (Å²) in [5.41, 5.74) is 7.22. The number of carbonyl (C=O) groups is 2. The highest BCUT2D eigenvalue weighted by atomic mass is 35.5. The van der Waals surface area contributed by atoms with Crippen molar-refractivity contribution in [2.75, 3.05) is 23.3 Å². The minimum absolute atomic E-state index is 0. The SMILES string of the molecule is Cl.NCc1nc(C(=O)Nc2cccc(N3CCCNC3=O)c2)cs1. The van der Waals surface area contributed by atoms with Crippen LogP contribution in [0.2, 0.25) is 0 Å². The van der Waals surface area contributed by atoms with Crippen molar-refractivity contribution in [3.63, 3.8) is 0 Å². The van der Waals surface area contributed by atoms with E-state index in [4.69, 9.17) is 5.73 Å². The van der Waals surface area contributed by atoms with Crippen molar-refractivity contribution in [2.24, 2.45) is 5.73 Å². The third-order valence-electron chi connectivity index (χ3n) is 3.45. The van der Waals surface area contributed by atoms with E-state index in [2.05, 4.69) is 15.6 Å². The molecular formula is C15H18ClN5O2S. The maximum absolute atomic E-state index is 12.2. The molecule has 0 spiro atoms. The average molecular weight is 368 g/mol. The highest BCUT2D eigenvalue weighted by molar-refractivity contribution is 7.09. The minimum Gasteiger partial charge on any atom is -0.338 e. The van der Waals surface area contributed by atoms with Gasteiger partial charge in [-0.25, -0.2) is 9.78 Å². The third-order valence-corrected chi connectivity index (χ3v) is 4.33. The van der Waals surface area contributed by atoms with Crippen molar-refractivity contribution in [2.45, 2.75) is 13.0 Å². The Morgan fingerprint density at radius 3 is 3.00 bits per heavy atom. The minimum atomic E-state index is -0.291. The molecule has 1 fully saturated rings. The number of thiazole rings is 1. The molecule has 0 radical (unpaired) electrons. The Bertz CT molecular complexity index is 736. The van der Waals surface area contributed by atoms with Gasteiger partial charge >= 0.3 is 6.03 Å². The molecule has 1 aromatic carbocycles. The van der Waals surface area contributed by atoms with Gasteiger partial charge in [0.25, 0.3) is 5.91 Å². The summed E-state index contributed by atoms with van der Waals surface area (Å²) in [6.07, 6.45) is 0.892. The van der Waals surface area contributed by atoms with Crippen molar-refractivity contribution >= 4 is 47.1 Å². The maximum Gasteiger partial charge on any atom is 0.321 e. The van der Waals surface area contributed by atoms with Gasteiger partial charge in [0.1, 0.15) is 10.7 Å². The van der Waals surface area contributed by atoms with Gasteiger partial charge in [0.2, 0.25) is 0 Å². The molecule has 1 aliphatic rings. The van der Waals surface area contributed by atoms with E-state index in [1.54, 1.807) is 28.5 Å². The molecule has 7 nitrogen and oxygen atoms in total. The molecule has 1 saturated heterocycles. The summed E-state index contributed by atoms with van der Waals surface area (Å²) in [4.78, 5) is 29.9. The number of benzene rings is 1. The number of nitrogens with two attached hydrogens (primary N) is 1. The van der Waals surface area contributed by atoms with E-state index in [1.165, 1.54) is 11.3 Å². The zero-order valence-electron chi connectivity index (χ0n) is 12.8. The molecule has 4 N–H and O–H groups in total. The molecule has 0 saturated carbocycles. The van der Waals surface area contributed by atoms with Crippen molar-refractivity contribution in [1.82, 2.24) is 10.3 Å². The molecule has 1 aromatic heterocycles. The number of nitrogens with one attached hydrogen (secondary N) is 2. The van der Waals surface area contributed by atoms with Crippen LogP contribution >= 0.6 is 23.7 Å². The van der Waals surface area contributed by atoms with Gasteiger partial charge in [-0.2, -0.15) is 0 Å². The summed E-state index contributed by atoms with van der Waals surface area (Å²) >= 11 is 1.36. The van der Waals surface area contributed by atoms with E-state index in [-0.39, 0.29) is 24.3 Å². The predicted molar refractivity (Wildman–Crippen MR) is 97.0 cm³/mol. The molecule has 2 heterocycles. The number of hydrogen-bond donors (Lipinski definition) is 3. The Kier molecular flexibility index (Phi) is 6.13. The van der Waals surface area contributed by atoms with Crippen LogP contribution in [-0.4, -0.2) is 30.0 Å². The molecule has 1 aliphatic heterocycles. The van der Waals surface area contributed by atoms with E-state index < -0.39 is 0 Å². The maximum atomic E-state index is 12.2. The van der Waals surface area contributed by atoms with Crippen molar-refractivity contribution in [3.8, 4) is 0 Å². The third kappa shape index (κ3) is 4.02. The monoisotopic (exact) mass is 367 g/mol. The number of halogens is 1. The molecule has 0 aliphatic carbocycles. The van der Waals surface area contributed by atoms with Crippen LogP contribution < -0.4 is 21.3 Å². The summed E-state index contributed by atoms with van der Waals surface area (Å²) in [5, 5.41) is 8.00. The Morgan fingerprint density at radius 2 is 2.29 bits per heavy atom. The Labute approximate surface area is 149 Å². The molecular weight excluding hydrogens is 350 g/mol. The number of aromatic nitrogens is 1. The lowest BCUT2D eigenvalue weighted by molar-refractivity contribution is 0.102. The van der Waals surface area contributed by atoms with Gasteiger partial charge in [-0.05, 0) is 24.6 Å². The van der Waals surface area contributed by atoms with Gasteiger partial charge in [-0.1, -0.05) is 6.07 Å². The first-order valence-electron chi connectivity index (χ1n) is 7.28. The van der Waals surface area contributed by atoms with Crippen LogP contribution in [0.3, 0.4) is 0 Å². The van der Waals surface area contributed by atoms with Crippen LogP contribution in [0.5, 0.6) is 0 Å². The first-order chi connectivity index (χ1) is 11.2. The summed E-state index contributed by atoms with van der Waals surface area (Å²) in [7, 11) is 0. The van der Waals surface area contributed by atoms with Gasteiger partial charge in [0.05, 0.1) is 0 Å². The van der Waals surface area contributed by atoms with Gasteiger partial charge in [-0.15, -0.1) is 23.7 Å². The lowest BCUT2D eigenvalue weighted by atomic mass is 10.2. The number of carbonyl (C=O) groups excluding carboxylic acids is 2. The highest BCUT2D eigenvalue weighted by Gasteiger charge is 2.19. The molecule has 128 valence electrons. The first kappa shape index (κ1) is 18.2. The second kappa shape index (κ2) is 8.09. The van der Waals surface area contributed by atoms with Crippen molar-refractivity contribution in [3.05, 3.63) is 40.3 Å². The lowest BCUT2D eigenvalue weighted by Crippen LogP contribution is -2.46. The Balaban J connectivity index is 0.00000208. The van der Waals surface area contributed by atoms with E-state index in [0.29, 0.717) is 36.0 Å². The van der Waals surface area contributed by atoms with Gasteiger partial charge < -0.3 is 16.4 Å². The smallest absolute Gasteiger partial charge is 0.321 e. The second-order valence-corrected chi connectivity index (χ2v) is 6.01. The number of urea groups is 1. The fraction of sp³-hybridized carbons (Fsp3) is 0.267. The number of anilines is 2. The number of rotatable bonds is 4. The standard InChI is InChI=1S/C15H17N5O2S.ClH/c16-8-13-19-12(9-23-13)14(21)18-10-3-1-4-11(7-10)20-6-2-5-17-15(20)22;/h1,3-4,7,9H,2,5-6,8,16H2,(H,17,22)(H,18,21);1H. The Hall–Kier alpha value is -2.16. The summed E-state index contributed by atoms with van der Waals surface area (Å²) in [6.45, 7) is 1.67. The molecule has 3 amide bonds. The van der Waals surface area contributed by atoms with E-state index >= 15 is 0 Å². The van der Waals surface area contributed by atoms with Gasteiger partial charge in [0, 0.05) is 36.4 Å². The Morgan fingerprint density at radius 1 is 1.46 bits per heavy atom. The number of amides is 3. The zero-order chi connectivity index (χ0) is 16.2. The van der Waals surface area contributed by atoms with Crippen LogP contribution in [0.4, 0.5) is 16.2 Å². The van der Waals surface area contributed by atoms with Crippen LogP contribution in [0.1, 0.15) is 21.9 Å². The lowest BCUT2D eigenvalue weighted by Gasteiger charge is -2.27. The van der Waals surface area contributed by atoms with Crippen LogP contribution in [0, 0.1) is 0 Å². The van der Waals surface area contributed by atoms with Gasteiger partial charge in [-0.3, -0.25) is 9.69 Å². The fourth-order valence-electron chi connectivity index (χ4n) is 2.33. The summed E-state index contributed by atoms with van der Waals surface area (Å²) in [5.74, 6) is -0.291. The average Bonchev–Trinajstić information content (AvgIpc) is 3.05. The molecule has 3 rings (SSSR count). The number of hydrogen-bond acceptors (Lipinski definition) is 5. The van der Waals surface area contributed by atoms with E-state index in [0.717, 1.165) is 12.1 Å². The zero-order valence-corrected chi connectivity index (χ0v) is 14.5. The summed E-state index contributed by atoms with van der Waals surface area (Å²) < 4.78 is 0. The van der Waals surface area contributed by atoms with Crippen LogP contribution in [0.25, 0.3) is 0 Å². The molecule has 24 heavy (non-hydrogen) atoms. The molecule has 0 bridgehead atoms. The summed E-state index contributed by atoms with van der Waals surface area (Å²) in [6, 6.07) is 7.08. The van der Waals surface area contributed by atoms with Crippen LogP contribution in [0.15, 0.2) is 29.6 Å². The molecule has 0 atom stereocenters. The number of nitrogens with zero attached hydrogens (tertiary/aromatic N) is 2. The quantitative estimate of drug-likeness (QED) is 0.771. The largest absolute Gasteiger partial charge is 0.338 e. The second-order valence-electron chi connectivity index (χ2n) is 5.07. The predicted octanol–water partition coefficient (Wildman–Crippen LogP) is 2.20. The van der Waals surface area contributed by atoms with Crippen LogP contribution in [-0.2, 0) is 6.54 Å². The van der Waals surface area contributed by atoms with Crippen molar-refractivity contribution < 1.29 is 9.59 Å². The fourth-order valence-corrected chi connectivity index (χ4v) is 2.99. The normalized spacial score (nSPS) is 13.9. The highest BCUT2D eigenvalue weighted by Crippen LogP contribution is 2.22. The molecule has 0 unspecified atom stereocenters. The first-order valence-corrected chi connectivity index (χ1v) is 8.16. The topological polar surface area (TPSA) is 100 Å². The van der Waals surface area contributed by atoms with E-state index in [1.807, 2.05) is 6.07 Å². The van der Waals surface area contributed by atoms with Gasteiger partial charge in [0.15, 0.2) is 0 Å².